The van der Waals surface area contributed by atoms with Gasteiger partial charge in [-0.25, -0.2) is 9.37 Å². The average Bonchev–Trinajstić information content (AvgIpc) is 3.17. The van der Waals surface area contributed by atoms with Crippen molar-refractivity contribution in [3.63, 3.8) is 0 Å². The molecule has 154 valence electrons. The molecule has 0 saturated heterocycles. The number of benzene rings is 3. The Hall–Kier alpha value is -4.00. The van der Waals surface area contributed by atoms with Crippen LogP contribution in [0.25, 0.3) is 11.0 Å². The average molecular weight is 414 g/mol. The summed E-state index contributed by atoms with van der Waals surface area (Å²) >= 11 is 0. The van der Waals surface area contributed by atoms with Gasteiger partial charge in [-0.2, -0.15) is 0 Å². The van der Waals surface area contributed by atoms with E-state index >= 15 is 0 Å². The number of rotatable bonds is 4. The summed E-state index contributed by atoms with van der Waals surface area (Å²) in [5.74, 6) is -0.312. The lowest BCUT2D eigenvalue weighted by atomic mass is 9.89. The van der Waals surface area contributed by atoms with Crippen LogP contribution < -0.4 is 10.6 Å². The van der Waals surface area contributed by atoms with Crippen LogP contribution in [0.5, 0.6) is 0 Å². The number of amides is 2. The Morgan fingerprint density at radius 3 is 2.74 bits per heavy atom. The molecule has 1 aliphatic rings. The van der Waals surface area contributed by atoms with Crippen LogP contribution in [-0.2, 0) is 11.2 Å². The molecule has 0 saturated carbocycles. The van der Waals surface area contributed by atoms with Crippen molar-refractivity contribution in [3.05, 3.63) is 95.1 Å². The molecule has 0 aliphatic carbocycles. The number of nitrogens with one attached hydrogen (secondary N) is 3. The molecule has 0 spiro atoms. The highest BCUT2D eigenvalue weighted by atomic mass is 19.1. The number of hydrogen-bond donors (Lipinski definition) is 3. The van der Waals surface area contributed by atoms with E-state index in [1.54, 1.807) is 30.3 Å². The molecule has 4 aromatic rings. The summed E-state index contributed by atoms with van der Waals surface area (Å²) in [5, 5.41) is 5.72. The number of aromatic amines is 1. The predicted molar refractivity (Wildman–Crippen MR) is 115 cm³/mol. The topological polar surface area (TPSA) is 86.9 Å². The SMILES string of the molecule is O=C1NCC(C(=O)Nc2ccc3nc(Cc4ccc(F)cc4)[nH]c3c2)c2ccccc21. The van der Waals surface area contributed by atoms with Crippen LogP contribution in [0.2, 0.25) is 0 Å². The zero-order valence-corrected chi connectivity index (χ0v) is 16.5. The maximum atomic E-state index is 13.1. The number of aromatic nitrogens is 2. The molecular formula is C24H19FN4O2. The molecule has 2 amide bonds. The Labute approximate surface area is 177 Å². The lowest BCUT2D eigenvalue weighted by Crippen LogP contribution is -2.40. The molecule has 0 fully saturated rings. The van der Waals surface area contributed by atoms with Gasteiger partial charge in [0, 0.05) is 24.2 Å². The summed E-state index contributed by atoms with van der Waals surface area (Å²) in [7, 11) is 0. The molecule has 1 unspecified atom stereocenters. The van der Waals surface area contributed by atoms with Crippen molar-refractivity contribution in [2.45, 2.75) is 12.3 Å². The number of anilines is 1. The first-order valence-electron chi connectivity index (χ1n) is 9.98. The Morgan fingerprint density at radius 2 is 1.90 bits per heavy atom. The van der Waals surface area contributed by atoms with Gasteiger partial charge in [-0.05, 0) is 47.5 Å². The second-order valence-electron chi connectivity index (χ2n) is 7.56. The van der Waals surface area contributed by atoms with Gasteiger partial charge in [-0.3, -0.25) is 9.59 Å². The third-order valence-corrected chi connectivity index (χ3v) is 5.45. The minimum Gasteiger partial charge on any atom is -0.351 e. The zero-order valence-electron chi connectivity index (χ0n) is 16.5. The molecule has 7 heteroatoms. The van der Waals surface area contributed by atoms with Gasteiger partial charge in [-0.15, -0.1) is 0 Å². The summed E-state index contributed by atoms with van der Waals surface area (Å²) in [6, 6.07) is 19.0. The highest BCUT2D eigenvalue weighted by Gasteiger charge is 2.30. The summed E-state index contributed by atoms with van der Waals surface area (Å²) in [4.78, 5) is 32.8. The Bertz CT molecular complexity index is 1300. The van der Waals surface area contributed by atoms with Gasteiger partial charge < -0.3 is 15.6 Å². The molecule has 5 rings (SSSR count). The van der Waals surface area contributed by atoms with Crippen LogP contribution in [0.15, 0.2) is 66.7 Å². The molecule has 31 heavy (non-hydrogen) atoms. The van der Waals surface area contributed by atoms with Crippen molar-refractivity contribution in [2.75, 3.05) is 11.9 Å². The monoisotopic (exact) mass is 414 g/mol. The fourth-order valence-electron chi connectivity index (χ4n) is 3.89. The predicted octanol–water partition coefficient (Wildman–Crippen LogP) is 3.76. The van der Waals surface area contributed by atoms with Crippen molar-refractivity contribution in [2.24, 2.45) is 0 Å². The van der Waals surface area contributed by atoms with E-state index in [0.717, 1.165) is 28.0 Å². The third-order valence-electron chi connectivity index (χ3n) is 5.45. The van der Waals surface area contributed by atoms with Gasteiger partial charge in [0.2, 0.25) is 5.91 Å². The molecular weight excluding hydrogens is 395 g/mol. The molecule has 1 aliphatic heterocycles. The van der Waals surface area contributed by atoms with E-state index in [4.69, 9.17) is 0 Å². The Morgan fingerprint density at radius 1 is 1.10 bits per heavy atom. The van der Waals surface area contributed by atoms with Gasteiger partial charge in [-0.1, -0.05) is 30.3 Å². The summed E-state index contributed by atoms with van der Waals surface area (Å²) in [6.07, 6.45) is 0.551. The van der Waals surface area contributed by atoms with Crippen molar-refractivity contribution < 1.29 is 14.0 Å². The van der Waals surface area contributed by atoms with Crippen LogP contribution in [0.1, 0.15) is 33.2 Å². The van der Waals surface area contributed by atoms with E-state index in [1.165, 1.54) is 12.1 Å². The normalized spacial score (nSPS) is 15.4. The summed E-state index contributed by atoms with van der Waals surface area (Å²) in [5.41, 5.74) is 4.44. The number of nitrogens with zero attached hydrogens (tertiary/aromatic N) is 1. The quantitative estimate of drug-likeness (QED) is 0.475. The van der Waals surface area contributed by atoms with Crippen molar-refractivity contribution >= 4 is 28.5 Å². The van der Waals surface area contributed by atoms with E-state index in [-0.39, 0.29) is 24.2 Å². The van der Waals surface area contributed by atoms with Gasteiger partial charge in [0.05, 0.1) is 17.0 Å². The molecule has 1 aromatic heterocycles. The highest BCUT2D eigenvalue weighted by molar-refractivity contribution is 6.04. The molecule has 6 nitrogen and oxygen atoms in total. The minimum absolute atomic E-state index is 0.160. The van der Waals surface area contributed by atoms with E-state index in [1.807, 2.05) is 24.3 Å². The molecule has 2 heterocycles. The fraction of sp³-hybridized carbons (Fsp3) is 0.125. The number of H-pyrrole nitrogens is 1. The zero-order chi connectivity index (χ0) is 21.4. The maximum Gasteiger partial charge on any atom is 0.251 e. The van der Waals surface area contributed by atoms with Crippen molar-refractivity contribution in [3.8, 4) is 0 Å². The Balaban J connectivity index is 1.35. The van der Waals surface area contributed by atoms with Crippen molar-refractivity contribution in [1.82, 2.24) is 15.3 Å². The molecule has 3 aromatic carbocycles. The van der Waals surface area contributed by atoms with Gasteiger partial charge in [0.1, 0.15) is 11.6 Å². The first kappa shape index (κ1) is 19.0. The van der Waals surface area contributed by atoms with Gasteiger partial charge >= 0.3 is 0 Å². The molecule has 0 radical (unpaired) electrons. The number of fused-ring (bicyclic) bond motifs is 2. The number of imidazole rings is 1. The van der Waals surface area contributed by atoms with E-state index in [9.17, 15) is 14.0 Å². The minimum atomic E-state index is -0.458. The molecule has 3 N–H and O–H groups in total. The molecule has 0 bridgehead atoms. The summed E-state index contributed by atoms with van der Waals surface area (Å²) < 4.78 is 13.1. The highest BCUT2D eigenvalue weighted by Crippen LogP contribution is 2.26. The largest absolute Gasteiger partial charge is 0.351 e. The standard InChI is InChI=1S/C24H19FN4O2/c25-15-7-5-14(6-8-15)11-22-28-20-10-9-16(12-21(20)29-22)27-24(31)19-13-26-23(30)18-4-2-1-3-17(18)19/h1-10,12,19H,11,13H2,(H,26,30)(H,27,31)(H,28,29). The lowest BCUT2D eigenvalue weighted by molar-refractivity contribution is -0.117. The second kappa shape index (κ2) is 7.68. The van der Waals surface area contributed by atoms with Crippen LogP contribution in [-0.4, -0.2) is 28.3 Å². The smallest absolute Gasteiger partial charge is 0.251 e. The first-order chi connectivity index (χ1) is 15.1. The van der Waals surface area contributed by atoms with Crippen LogP contribution in [0, 0.1) is 5.82 Å². The van der Waals surface area contributed by atoms with Crippen LogP contribution >= 0.6 is 0 Å². The second-order valence-corrected chi connectivity index (χ2v) is 7.56. The van der Waals surface area contributed by atoms with E-state index < -0.39 is 5.92 Å². The van der Waals surface area contributed by atoms with Crippen molar-refractivity contribution in [1.29, 1.82) is 0 Å². The van der Waals surface area contributed by atoms with E-state index in [2.05, 4.69) is 20.6 Å². The van der Waals surface area contributed by atoms with Crippen LogP contribution in [0.3, 0.4) is 0 Å². The third kappa shape index (κ3) is 3.77. The number of halogens is 1. The van der Waals surface area contributed by atoms with Crippen LogP contribution in [0.4, 0.5) is 10.1 Å². The van der Waals surface area contributed by atoms with Gasteiger partial charge in [0.15, 0.2) is 0 Å². The maximum absolute atomic E-state index is 13.1. The van der Waals surface area contributed by atoms with E-state index in [0.29, 0.717) is 17.7 Å². The fourth-order valence-corrected chi connectivity index (χ4v) is 3.89. The number of hydrogen-bond acceptors (Lipinski definition) is 3. The number of carbonyl (C=O) groups is 2. The van der Waals surface area contributed by atoms with Gasteiger partial charge in [0.25, 0.3) is 5.91 Å². The first-order valence-corrected chi connectivity index (χ1v) is 9.98. The Kier molecular flexibility index (Phi) is 4.71. The summed E-state index contributed by atoms with van der Waals surface area (Å²) in [6.45, 7) is 0.260. The lowest BCUT2D eigenvalue weighted by Gasteiger charge is -2.24. The molecule has 1 atom stereocenters. The number of carbonyl (C=O) groups excluding carboxylic acids is 2.